The van der Waals surface area contributed by atoms with Gasteiger partial charge < -0.3 is 9.40 Å². The molecule has 5 nitrogen and oxygen atoms in total. The maximum absolute atomic E-state index is 13.0. The van der Waals surface area contributed by atoms with Crippen LogP contribution in [0.2, 0.25) is 0 Å². The molecule has 0 spiro atoms. The Balaban J connectivity index is 2.88. The van der Waals surface area contributed by atoms with Gasteiger partial charge in [0.25, 0.3) is 5.56 Å². The van der Waals surface area contributed by atoms with Crippen molar-refractivity contribution in [3.8, 4) is 0 Å². The van der Waals surface area contributed by atoms with E-state index in [2.05, 4.69) is 9.97 Å². The lowest BCUT2D eigenvalue weighted by molar-refractivity contribution is 0.355. The highest BCUT2D eigenvalue weighted by Gasteiger charge is 2.12. The van der Waals surface area contributed by atoms with Crippen LogP contribution in [-0.4, -0.2) is 9.97 Å². The standard InChI is InChI=1S/C10H9FN2O3/c1-4-3-6-8(14)12-7(5(2)11)13-9(6)16-10(4)15/h3,5H,1-2H3,(H,12,13,14). The van der Waals surface area contributed by atoms with Gasteiger partial charge in [-0.1, -0.05) is 0 Å². The maximum atomic E-state index is 13.0. The molecule has 84 valence electrons. The van der Waals surface area contributed by atoms with E-state index in [1.54, 1.807) is 0 Å². The van der Waals surface area contributed by atoms with Gasteiger partial charge in [0.05, 0.1) is 0 Å². The lowest BCUT2D eigenvalue weighted by Gasteiger charge is -2.02. The van der Waals surface area contributed by atoms with Gasteiger partial charge in [-0.3, -0.25) is 4.79 Å². The largest absolute Gasteiger partial charge is 0.403 e. The molecule has 0 saturated carbocycles. The molecule has 0 aliphatic rings. The van der Waals surface area contributed by atoms with Gasteiger partial charge in [-0.15, -0.1) is 0 Å². The fraction of sp³-hybridized carbons (Fsp3) is 0.300. The van der Waals surface area contributed by atoms with Gasteiger partial charge >= 0.3 is 5.63 Å². The topological polar surface area (TPSA) is 76.0 Å². The van der Waals surface area contributed by atoms with Gasteiger partial charge in [-0.05, 0) is 19.9 Å². The summed E-state index contributed by atoms with van der Waals surface area (Å²) < 4.78 is 17.8. The predicted octanol–water partition coefficient (Wildman–Crippen LogP) is 1.22. The van der Waals surface area contributed by atoms with Crippen LogP contribution in [0.1, 0.15) is 24.5 Å². The van der Waals surface area contributed by atoms with E-state index < -0.39 is 17.4 Å². The molecule has 1 unspecified atom stereocenters. The Kier molecular flexibility index (Phi) is 2.34. The summed E-state index contributed by atoms with van der Waals surface area (Å²) in [6, 6.07) is 1.37. The first kappa shape index (κ1) is 10.5. The molecule has 2 aromatic rings. The van der Waals surface area contributed by atoms with Gasteiger partial charge in [-0.2, -0.15) is 4.98 Å². The molecule has 2 aromatic heterocycles. The lowest BCUT2D eigenvalue weighted by atomic mass is 10.2. The molecule has 0 aromatic carbocycles. The average molecular weight is 224 g/mol. The molecule has 0 amide bonds. The first-order chi connectivity index (χ1) is 7.49. The summed E-state index contributed by atoms with van der Waals surface area (Å²) in [5.41, 5.74) is -0.931. The molecule has 0 bridgehead atoms. The van der Waals surface area contributed by atoms with Crippen LogP contribution in [0.25, 0.3) is 11.1 Å². The summed E-state index contributed by atoms with van der Waals surface area (Å²) in [6.45, 7) is 2.76. The van der Waals surface area contributed by atoms with Crippen LogP contribution in [0.3, 0.4) is 0 Å². The third-order valence-corrected chi connectivity index (χ3v) is 2.19. The normalized spacial score (nSPS) is 12.9. The van der Waals surface area contributed by atoms with Crippen LogP contribution in [0.5, 0.6) is 0 Å². The van der Waals surface area contributed by atoms with E-state index >= 15 is 0 Å². The number of aromatic nitrogens is 2. The van der Waals surface area contributed by atoms with E-state index in [1.165, 1.54) is 19.9 Å². The molecule has 2 heterocycles. The first-order valence-corrected chi connectivity index (χ1v) is 4.68. The van der Waals surface area contributed by atoms with E-state index in [1.807, 2.05) is 0 Å². The number of alkyl halides is 1. The molecular weight excluding hydrogens is 215 g/mol. The summed E-state index contributed by atoms with van der Waals surface area (Å²) in [6.07, 6.45) is -1.43. The third-order valence-electron chi connectivity index (χ3n) is 2.19. The van der Waals surface area contributed by atoms with E-state index in [0.717, 1.165) is 0 Å². The minimum atomic E-state index is -1.43. The Bertz CT molecular complexity index is 657. The molecule has 6 heteroatoms. The van der Waals surface area contributed by atoms with Crippen molar-refractivity contribution >= 4 is 11.1 Å². The SMILES string of the molecule is Cc1cc2c(=O)[nH]c(C(C)F)nc2oc1=O. The smallest absolute Gasteiger partial charge is 0.340 e. The Hall–Kier alpha value is -1.98. The van der Waals surface area contributed by atoms with E-state index in [0.29, 0.717) is 5.56 Å². The van der Waals surface area contributed by atoms with Crippen molar-refractivity contribution in [1.82, 2.24) is 9.97 Å². The molecule has 16 heavy (non-hydrogen) atoms. The number of halogens is 1. The van der Waals surface area contributed by atoms with Crippen molar-refractivity contribution in [2.45, 2.75) is 20.0 Å². The van der Waals surface area contributed by atoms with Crippen LogP contribution in [-0.2, 0) is 0 Å². The number of hydrogen-bond acceptors (Lipinski definition) is 4. The van der Waals surface area contributed by atoms with Crippen molar-refractivity contribution in [1.29, 1.82) is 0 Å². The second kappa shape index (κ2) is 3.55. The third kappa shape index (κ3) is 1.62. The van der Waals surface area contributed by atoms with E-state index in [4.69, 9.17) is 4.42 Å². The lowest BCUT2D eigenvalue weighted by Crippen LogP contribution is -2.15. The van der Waals surface area contributed by atoms with Crippen LogP contribution >= 0.6 is 0 Å². The number of fused-ring (bicyclic) bond motifs is 1. The quantitative estimate of drug-likeness (QED) is 0.790. The van der Waals surface area contributed by atoms with Crippen LogP contribution in [0.4, 0.5) is 4.39 Å². The summed E-state index contributed by atoms with van der Waals surface area (Å²) in [5.74, 6) is -0.149. The van der Waals surface area contributed by atoms with Gasteiger partial charge in [0.15, 0.2) is 6.17 Å². The van der Waals surface area contributed by atoms with Gasteiger partial charge in [0.1, 0.15) is 11.2 Å². The summed E-state index contributed by atoms with van der Waals surface area (Å²) in [4.78, 5) is 28.8. The fourth-order valence-corrected chi connectivity index (χ4v) is 1.32. The highest BCUT2D eigenvalue weighted by molar-refractivity contribution is 5.71. The average Bonchev–Trinajstić information content (AvgIpc) is 2.20. The maximum Gasteiger partial charge on any atom is 0.340 e. The number of hydrogen-bond donors (Lipinski definition) is 1. The molecule has 0 saturated heterocycles. The number of nitrogens with zero attached hydrogens (tertiary/aromatic N) is 1. The summed E-state index contributed by atoms with van der Waals surface area (Å²) >= 11 is 0. The van der Waals surface area contributed by atoms with E-state index in [9.17, 15) is 14.0 Å². The molecule has 1 N–H and O–H groups in total. The number of aromatic amines is 1. The van der Waals surface area contributed by atoms with Crippen molar-refractivity contribution in [3.63, 3.8) is 0 Å². The second-order valence-corrected chi connectivity index (χ2v) is 3.50. The fourth-order valence-electron chi connectivity index (χ4n) is 1.32. The first-order valence-electron chi connectivity index (χ1n) is 4.68. The van der Waals surface area contributed by atoms with Crippen molar-refractivity contribution < 1.29 is 8.81 Å². The minimum Gasteiger partial charge on any atom is -0.403 e. The van der Waals surface area contributed by atoms with Gasteiger partial charge in [-0.25, -0.2) is 9.18 Å². The Morgan fingerprint density at radius 2 is 2.19 bits per heavy atom. The van der Waals surface area contributed by atoms with Crippen LogP contribution in [0, 0.1) is 6.92 Å². The molecule has 0 fully saturated rings. The monoisotopic (exact) mass is 224 g/mol. The predicted molar refractivity (Wildman–Crippen MR) is 55.2 cm³/mol. The number of aryl methyl sites for hydroxylation is 1. The Morgan fingerprint density at radius 1 is 1.50 bits per heavy atom. The molecule has 0 radical (unpaired) electrons. The number of H-pyrrole nitrogens is 1. The Labute approximate surface area is 88.9 Å². The zero-order chi connectivity index (χ0) is 11.9. The summed E-state index contributed by atoms with van der Waals surface area (Å²) in [7, 11) is 0. The molecule has 0 aliphatic heterocycles. The van der Waals surface area contributed by atoms with E-state index in [-0.39, 0.29) is 16.9 Å². The minimum absolute atomic E-state index is 0.140. The van der Waals surface area contributed by atoms with Gasteiger partial charge in [0, 0.05) is 5.56 Å². The zero-order valence-corrected chi connectivity index (χ0v) is 8.70. The van der Waals surface area contributed by atoms with Crippen molar-refractivity contribution in [3.05, 3.63) is 38.2 Å². The van der Waals surface area contributed by atoms with Gasteiger partial charge in [0.2, 0.25) is 5.71 Å². The highest BCUT2D eigenvalue weighted by atomic mass is 19.1. The van der Waals surface area contributed by atoms with Crippen molar-refractivity contribution in [2.24, 2.45) is 0 Å². The molecule has 1 atom stereocenters. The zero-order valence-electron chi connectivity index (χ0n) is 8.70. The Morgan fingerprint density at radius 3 is 2.81 bits per heavy atom. The number of rotatable bonds is 1. The number of nitrogens with one attached hydrogen (secondary N) is 1. The second-order valence-electron chi connectivity index (χ2n) is 3.50. The molecule has 0 aliphatic carbocycles. The molecule has 2 rings (SSSR count). The van der Waals surface area contributed by atoms with Crippen LogP contribution in [0.15, 0.2) is 20.1 Å². The van der Waals surface area contributed by atoms with Crippen molar-refractivity contribution in [2.75, 3.05) is 0 Å². The molecular formula is C10H9FN2O3. The summed E-state index contributed by atoms with van der Waals surface area (Å²) in [5, 5.41) is 0.140. The highest BCUT2D eigenvalue weighted by Crippen LogP contribution is 2.12. The van der Waals surface area contributed by atoms with Crippen LogP contribution < -0.4 is 11.2 Å².